The number of methoxy groups -OCH3 is 1. The number of amides is 1. The number of pyridine rings is 1. The van der Waals surface area contributed by atoms with Gasteiger partial charge in [-0.2, -0.15) is 0 Å². The Morgan fingerprint density at radius 1 is 1.14 bits per heavy atom. The summed E-state index contributed by atoms with van der Waals surface area (Å²) in [7, 11) is 1.59. The smallest absolute Gasteiger partial charge is 0.306 e. The lowest BCUT2D eigenvalue weighted by Crippen LogP contribution is -2.21. The van der Waals surface area contributed by atoms with Gasteiger partial charge in [-0.05, 0) is 43.2 Å². The Morgan fingerprint density at radius 2 is 1.82 bits per heavy atom. The largest absolute Gasteiger partial charge is 0.497 e. The molecular weight excluding hydrogens is 407 g/mol. The standard InChI is InChI=1S/C19H20Cl2N2O5/c1-12-15(20)10-22-19(18(12)21)23-16(24)11-28-17(25)4-3-9-27-14-7-5-13(26-2)6-8-14/h5-8,10H,3-4,9,11H2,1-2H3,(H,22,23,24). The van der Waals surface area contributed by atoms with Crippen LogP contribution in [0.2, 0.25) is 10.0 Å². The van der Waals surface area contributed by atoms with Crippen molar-refractivity contribution in [3.05, 3.63) is 46.1 Å². The molecule has 0 aliphatic carbocycles. The first-order valence-electron chi connectivity index (χ1n) is 8.43. The van der Waals surface area contributed by atoms with Crippen LogP contribution >= 0.6 is 23.2 Å². The molecule has 0 aliphatic heterocycles. The zero-order valence-electron chi connectivity index (χ0n) is 15.5. The van der Waals surface area contributed by atoms with Crippen LogP contribution in [0.4, 0.5) is 5.82 Å². The molecule has 2 rings (SSSR count). The first-order chi connectivity index (χ1) is 13.4. The van der Waals surface area contributed by atoms with Crippen LogP contribution in [0, 0.1) is 6.92 Å². The third-order valence-electron chi connectivity index (χ3n) is 3.68. The molecule has 150 valence electrons. The van der Waals surface area contributed by atoms with E-state index < -0.39 is 18.5 Å². The lowest BCUT2D eigenvalue weighted by Gasteiger charge is -2.10. The average Bonchev–Trinajstić information content (AvgIpc) is 2.70. The van der Waals surface area contributed by atoms with Gasteiger partial charge in [0.2, 0.25) is 0 Å². The lowest BCUT2D eigenvalue weighted by molar-refractivity contribution is -0.147. The zero-order valence-corrected chi connectivity index (χ0v) is 17.0. The number of hydrogen-bond acceptors (Lipinski definition) is 6. The molecule has 0 atom stereocenters. The first-order valence-corrected chi connectivity index (χ1v) is 9.19. The van der Waals surface area contributed by atoms with Gasteiger partial charge in [-0.25, -0.2) is 4.98 Å². The van der Waals surface area contributed by atoms with Gasteiger partial charge >= 0.3 is 5.97 Å². The van der Waals surface area contributed by atoms with E-state index in [4.69, 9.17) is 37.4 Å². The van der Waals surface area contributed by atoms with Crippen LogP contribution in [0.25, 0.3) is 0 Å². The number of benzene rings is 1. The fourth-order valence-electron chi connectivity index (χ4n) is 2.11. The Kier molecular flexibility index (Phi) is 8.35. The Bertz CT molecular complexity index is 828. The van der Waals surface area contributed by atoms with Crippen molar-refractivity contribution in [2.45, 2.75) is 19.8 Å². The van der Waals surface area contributed by atoms with E-state index in [1.165, 1.54) is 6.20 Å². The van der Waals surface area contributed by atoms with Crippen LogP contribution in [-0.2, 0) is 14.3 Å². The van der Waals surface area contributed by atoms with E-state index in [1.54, 1.807) is 38.3 Å². The molecule has 0 radical (unpaired) electrons. The van der Waals surface area contributed by atoms with Crippen molar-refractivity contribution < 1.29 is 23.8 Å². The number of nitrogens with zero attached hydrogens (tertiary/aromatic N) is 1. The second-order valence-corrected chi connectivity index (χ2v) is 6.52. The van der Waals surface area contributed by atoms with Crippen molar-refractivity contribution in [1.82, 2.24) is 4.98 Å². The number of rotatable bonds is 9. The number of ether oxygens (including phenoxy) is 3. The van der Waals surface area contributed by atoms with Crippen molar-refractivity contribution in [2.24, 2.45) is 0 Å². The summed E-state index contributed by atoms with van der Waals surface area (Å²) in [6, 6.07) is 7.12. The molecule has 1 aromatic carbocycles. The highest BCUT2D eigenvalue weighted by Gasteiger charge is 2.13. The minimum Gasteiger partial charge on any atom is -0.497 e. The van der Waals surface area contributed by atoms with Crippen molar-refractivity contribution in [2.75, 3.05) is 25.6 Å². The maximum atomic E-state index is 11.9. The molecule has 0 saturated carbocycles. The molecule has 7 nitrogen and oxygen atoms in total. The number of carbonyl (C=O) groups is 2. The quantitative estimate of drug-likeness (QED) is 0.480. The first kappa shape index (κ1) is 21.8. The van der Waals surface area contributed by atoms with Gasteiger partial charge in [0.05, 0.1) is 23.8 Å². The number of halogens is 2. The Balaban J connectivity index is 1.66. The minimum absolute atomic E-state index is 0.127. The molecule has 28 heavy (non-hydrogen) atoms. The molecule has 1 amide bonds. The van der Waals surface area contributed by atoms with Crippen molar-refractivity contribution in [1.29, 1.82) is 0 Å². The highest BCUT2D eigenvalue weighted by atomic mass is 35.5. The maximum Gasteiger partial charge on any atom is 0.306 e. The van der Waals surface area contributed by atoms with E-state index in [2.05, 4.69) is 10.3 Å². The number of carbonyl (C=O) groups excluding carboxylic acids is 2. The Morgan fingerprint density at radius 3 is 2.50 bits per heavy atom. The van der Waals surface area contributed by atoms with E-state index in [-0.39, 0.29) is 17.3 Å². The molecule has 0 aliphatic rings. The fraction of sp³-hybridized carbons (Fsp3) is 0.316. The molecule has 0 spiro atoms. The maximum absolute atomic E-state index is 11.9. The van der Waals surface area contributed by atoms with Crippen LogP contribution in [0.1, 0.15) is 18.4 Å². The van der Waals surface area contributed by atoms with Gasteiger partial charge in [0, 0.05) is 12.6 Å². The van der Waals surface area contributed by atoms with Crippen LogP contribution in [-0.4, -0.2) is 37.2 Å². The van der Waals surface area contributed by atoms with Crippen molar-refractivity contribution >= 4 is 40.9 Å². The SMILES string of the molecule is COc1ccc(OCCCC(=O)OCC(=O)Nc2ncc(Cl)c(C)c2Cl)cc1. The monoisotopic (exact) mass is 426 g/mol. The Hall–Kier alpha value is -2.51. The van der Waals surface area contributed by atoms with E-state index in [9.17, 15) is 9.59 Å². The summed E-state index contributed by atoms with van der Waals surface area (Å²) in [6.07, 6.45) is 1.96. The van der Waals surface area contributed by atoms with E-state index in [1.807, 2.05) is 0 Å². The minimum atomic E-state index is -0.543. The molecule has 0 fully saturated rings. The molecule has 9 heteroatoms. The van der Waals surface area contributed by atoms with Crippen LogP contribution in [0.3, 0.4) is 0 Å². The predicted octanol–water partition coefficient (Wildman–Crippen LogP) is 4.05. The van der Waals surface area contributed by atoms with Gasteiger partial charge in [0.15, 0.2) is 12.4 Å². The third-order valence-corrected chi connectivity index (χ3v) is 4.52. The molecule has 1 N–H and O–H groups in total. The summed E-state index contributed by atoms with van der Waals surface area (Å²) in [6.45, 7) is 1.62. The summed E-state index contributed by atoms with van der Waals surface area (Å²) < 4.78 is 15.5. The topological polar surface area (TPSA) is 86.8 Å². The van der Waals surface area contributed by atoms with Gasteiger partial charge in [0.1, 0.15) is 11.5 Å². The summed E-state index contributed by atoms with van der Waals surface area (Å²) >= 11 is 12.0. The van der Waals surface area contributed by atoms with Gasteiger partial charge < -0.3 is 19.5 Å². The van der Waals surface area contributed by atoms with Crippen LogP contribution < -0.4 is 14.8 Å². The second-order valence-electron chi connectivity index (χ2n) is 5.73. The number of hydrogen-bond donors (Lipinski definition) is 1. The van der Waals surface area contributed by atoms with E-state index in [0.717, 1.165) is 5.75 Å². The average molecular weight is 427 g/mol. The predicted molar refractivity (Wildman–Crippen MR) is 106 cm³/mol. The van der Waals surface area contributed by atoms with Crippen molar-refractivity contribution in [3.8, 4) is 11.5 Å². The number of esters is 1. The van der Waals surface area contributed by atoms with Gasteiger partial charge in [-0.1, -0.05) is 23.2 Å². The highest BCUT2D eigenvalue weighted by Crippen LogP contribution is 2.28. The van der Waals surface area contributed by atoms with Crippen LogP contribution in [0.15, 0.2) is 30.5 Å². The number of nitrogens with one attached hydrogen (secondary N) is 1. The van der Waals surface area contributed by atoms with Gasteiger partial charge in [-0.15, -0.1) is 0 Å². The van der Waals surface area contributed by atoms with Crippen LogP contribution in [0.5, 0.6) is 11.5 Å². The molecule has 1 aromatic heterocycles. The number of anilines is 1. The van der Waals surface area contributed by atoms with E-state index >= 15 is 0 Å². The molecule has 1 heterocycles. The van der Waals surface area contributed by atoms with Gasteiger partial charge in [-0.3, -0.25) is 9.59 Å². The van der Waals surface area contributed by atoms with E-state index in [0.29, 0.717) is 29.4 Å². The molecule has 2 aromatic rings. The van der Waals surface area contributed by atoms with Gasteiger partial charge in [0.25, 0.3) is 5.91 Å². The lowest BCUT2D eigenvalue weighted by atomic mass is 10.3. The highest BCUT2D eigenvalue weighted by molar-refractivity contribution is 6.37. The number of aromatic nitrogens is 1. The fourth-order valence-corrected chi connectivity index (χ4v) is 2.50. The zero-order chi connectivity index (χ0) is 20.5. The second kappa shape index (κ2) is 10.7. The summed E-state index contributed by atoms with van der Waals surface area (Å²) in [4.78, 5) is 27.6. The molecular formula is C19H20Cl2N2O5. The molecule has 0 unspecified atom stereocenters. The Labute approximate surface area is 172 Å². The summed E-state index contributed by atoms with van der Waals surface area (Å²) in [5, 5.41) is 3.11. The normalized spacial score (nSPS) is 10.3. The van der Waals surface area contributed by atoms with Crippen molar-refractivity contribution in [3.63, 3.8) is 0 Å². The third kappa shape index (κ3) is 6.58. The molecule has 0 bridgehead atoms. The summed E-state index contributed by atoms with van der Waals surface area (Å²) in [5.41, 5.74) is 0.600. The summed E-state index contributed by atoms with van der Waals surface area (Å²) in [5.74, 6) is 0.534. The molecule has 0 saturated heterocycles.